The van der Waals surface area contributed by atoms with Gasteiger partial charge < -0.3 is 18.9 Å². The molecule has 0 N–H and O–H groups in total. The standard InChI is InChI=1S/C22H30O6/c1-10-6-14(25-5)20(24)22(4)12(10)7-15-21(3)13(8-16(23)28-15)11(2)17-18(19(21)22)27-9-26-17/h6,10-13,15,17-19H,7-9H2,1-5H3. The largest absolute Gasteiger partial charge is 0.493 e. The SMILES string of the molecule is COC1=CC(C)C2CC3OC(=O)CC4C(C)C5OCOC5C(C2(C)C1=O)C34C. The summed E-state index contributed by atoms with van der Waals surface area (Å²) in [5.41, 5.74) is -0.956. The highest BCUT2D eigenvalue weighted by atomic mass is 16.7. The van der Waals surface area contributed by atoms with Crippen LogP contribution in [0.25, 0.3) is 0 Å². The van der Waals surface area contributed by atoms with Gasteiger partial charge >= 0.3 is 5.97 Å². The smallest absolute Gasteiger partial charge is 0.306 e. The summed E-state index contributed by atoms with van der Waals surface area (Å²) in [6, 6.07) is 0. The van der Waals surface area contributed by atoms with Crippen LogP contribution in [-0.4, -0.2) is 44.0 Å². The third-order valence-electron chi connectivity index (χ3n) is 9.02. The Balaban J connectivity index is 1.72. The fourth-order valence-corrected chi connectivity index (χ4v) is 7.78. The quantitative estimate of drug-likeness (QED) is 0.641. The number of rotatable bonds is 1. The number of carbonyl (C=O) groups excluding carboxylic acids is 2. The number of ether oxygens (including phenoxy) is 4. The zero-order valence-electron chi connectivity index (χ0n) is 17.3. The van der Waals surface area contributed by atoms with Crippen LogP contribution in [0.5, 0.6) is 0 Å². The van der Waals surface area contributed by atoms with Gasteiger partial charge in [0.05, 0.1) is 19.3 Å². The van der Waals surface area contributed by atoms with E-state index in [2.05, 4.69) is 27.7 Å². The molecule has 5 rings (SSSR count). The molecule has 0 aromatic rings. The maximum absolute atomic E-state index is 13.7. The first-order valence-corrected chi connectivity index (χ1v) is 10.5. The Morgan fingerprint density at radius 2 is 1.82 bits per heavy atom. The molecule has 10 unspecified atom stereocenters. The van der Waals surface area contributed by atoms with E-state index in [9.17, 15) is 9.59 Å². The van der Waals surface area contributed by atoms with Crippen molar-refractivity contribution in [2.24, 2.45) is 40.4 Å². The van der Waals surface area contributed by atoms with Gasteiger partial charge in [0.2, 0.25) is 5.78 Å². The molecule has 2 aliphatic heterocycles. The van der Waals surface area contributed by atoms with Crippen molar-refractivity contribution in [3.05, 3.63) is 11.8 Å². The van der Waals surface area contributed by atoms with E-state index in [1.165, 1.54) is 0 Å². The van der Waals surface area contributed by atoms with E-state index in [0.717, 1.165) is 0 Å². The van der Waals surface area contributed by atoms with Crippen molar-refractivity contribution < 1.29 is 28.5 Å². The first-order chi connectivity index (χ1) is 13.2. The molecule has 5 aliphatic rings. The van der Waals surface area contributed by atoms with Crippen molar-refractivity contribution in [3.8, 4) is 0 Å². The number of carbonyl (C=O) groups is 2. The second-order valence-electron chi connectivity index (χ2n) is 9.92. The summed E-state index contributed by atoms with van der Waals surface area (Å²) in [7, 11) is 1.57. The lowest BCUT2D eigenvalue weighted by Gasteiger charge is -2.68. The molecule has 0 bridgehead atoms. The molecular weight excluding hydrogens is 360 g/mol. The summed E-state index contributed by atoms with van der Waals surface area (Å²) in [5, 5.41) is 0. The molecular formula is C22H30O6. The van der Waals surface area contributed by atoms with E-state index in [0.29, 0.717) is 18.6 Å². The van der Waals surface area contributed by atoms with E-state index in [1.807, 2.05) is 6.08 Å². The van der Waals surface area contributed by atoms with Crippen molar-refractivity contribution in [2.75, 3.05) is 13.9 Å². The predicted octanol–water partition coefficient (Wildman–Crippen LogP) is 2.71. The van der Waals surface area contributed by atoms with Gasteiger partial charge in [-0.05, 0) is 36.2 Å². The van der Waals surface area contributed by atoms with Gasteiger partial charge in [-0.25, -0.2) is 0 Å². The zero-order valence-corrected chi connectivity index (χ0v) is 17.3. The fraction of sp³-hybridized carbons (Fsp3) is 0.818. The topological polar surface area (TPSA) is 71.1 Å². The first kappa shape index (κ1) is 18.6. The number of Topliss-reactive ketones (excluding diaryl/α,β-unsaturated/α-hetero) is 1. The van der Waals surface area contributed by atoms with E-state index >= 15 is 0 Å². The van der Waals surface area contributed by atoms with Gasteiger partial charge in [0.25, 0.3) is 0 Å². The minimum absolute atomic E-state index is 0.0576. The van der Waals surface area contributed by atoms with Gasteiger partial charge in [0, 0.05) is 23.2 Å². The van der Waals surface area contributed by atoms with Crippen LogP contribution in [0.1, 0.15) is 40.5 Å². The maximum Gasteiger partial charge on any atom is 0.306 e. The Labute approximate surface area is 165 Å². The molecule has 2 saturated carbocycles. The first-order valence-electron chi connectivity index (χ1n) is 10.5. The number of hydrogen-bond donors (Lipinski definition) is 0. The molecule has 0 spiro atoms. The minimum atomic E-state index is -0.635. The zero-order chi connectivity index (χ0) is 20.0. The van der Waals surface area contributed by atoms with Crippen molar-refractivity contribution >= 4 is 11.8 Å². The van der Waals surface area contributed by atoms with Crippen molar-refractivity contribution in [1.29, 1.82) is 0 Å². The highest BCUT2D eigenvalue weighted by Crippen LogP contribution is 2.69. The van der Waals surface area contributed by atoms with E-state index in [-0.39, 0.29) is 71.9 Å². The predicted molar refractivity (Wildman–Crippen MR) is 98.8 cm³/mol. The second kappa shape index (κ2) is 5.82. The minimum Gasteiger partial charge on any atom is -0.493 e. The van der Waals surface area contributed by atoms with Gasteiger partial charge in [0.15, 0.2) is 5.76 Å². The van der Waals surface area contributed by atoms with Crippen LogP contribution >= 0.6 is 0 Å². The Bertz CT molecular complexity index is 760. The monoisotopic (exact) mass is 390 g/mol. The van der Waals surface area contributed by atoms with E-state index in [4.69, 9.17) is 18.9 Å². The average Bonchev–Trinajstić information content (AvgIpc) is 3.12. The maximum atomic E-state index is 13.7. The molecule has 0 amide bonds. The fourth-order valence-electron chi connectivity index (χ4n) is 7.78. The molecule has 10 atom stereocenters. The molecule has 2 heterocycles. The third kappa shape index (κ3) is 2.01. The number of allylic oxidation sites excluding steroid dienone is 2. The highest BCUT2D eigenvalue weighted by molar-refractivity contribution is 5.99. The molecule has 0 radical (unpaired) electrons. The lowest BCUT2D eigenvalue weighted by molar-refractivity contribution is -0.261. The lowest BCUT2D eigenvalue weighted by atomic mass is 9.38. The summed E-state index contributed by atoms with van der Waals surface area (Å²) in [4.78, 5) is 26.2. The third-order valence-corrected chi connectivity index (χ3v) is 9.02. The van der Waals surface area contributed by atoms with Crippen molar-refractivity contribution in [1.82, 2.24) is 0 Å². The Morgan fingerprint density at radius 1 is 1.11 bits per heavy atom. The summed E-state index contributed by atoms with van der Waals surface area (Å²) in [6.07, 6.45) is 2.57. The van der Waals surface area contributed by atoms with Crippen LogP contribution in [0.3, 0.4) is 0 Å². The average molecular weight is 390 g/mol. The van der Waals surface area contributed by atoms with Crippen LogP contribution in [0, 0.1) is 40.4 Å². The molecule has 3 aliphatic carbocycles. The van der Waals surface area contributed by atoms with Crippen LogP contribution in [-0.2, 0) is 28.5 Å². The van der Waals surface area contributed by atoms with Gasteiger partial charge in [-0.3, -0.25) is 9.59 Å². The molecule has 6 nitrogen and oxygen atoms in total. The molecule has 0 aromatic heterocycles. The van der Waals surface area contributed by atoms with Crippen LogP contribution in [0.4, 0.5) is 0 Å². The summed E-state index contributed by atoms with van der Waals surface area (Å²) in [5.74, 6) is 0.825. The second-order valence-corrected chi connectivity index (χ2v) is 9.92. The molecule has 28 heavy (non-hydrogen) atoms. The molecule has 0 aromatic carbocycles. The van der Waals surface area contributed by atoms with Gasteiger partial charge in [-0.1, -0.05) is 27.7 Å². The summed E-state index contributed by atoms with van der Waals surface area (Å²) in [6.45, 7) is 8.85. The van der Waals surface area contributed by atoms with Crippen molar-refractivity contribution in [2.45, 2.75) is 58.8 Å². The van der Waals surface area contributed by atoms with Gasteiger partial charge in [0.1, 0.15) is 12.9 Å². The van der Waals surface area contributed by atoms with Crippen LogP contribution in [0.15, 0.2) is 11.8 Å². The van der Waals surface area contributed by atoms with E-state index in [1.54, 1.807) is 7.11 Å². The number of hydrogen-bond acceptors (Lipinski definition) is 6. The number of esters is 1. The van der Waals surface area contributed by atoms with Crippen LogP contribution in [0.2, 0.25) is 0 Å². The van der Waals surface area contributed by atoms with Gasteiger partial charge in [-0.15, -0.1) is 0 Å². The summed E-state index contributed by atoms with van der Waals surface area (Å²) < 4.78 is 23.6. The molecule has 4 fully saturated rings. The highest BCUT2D eigenvalue weighted by Gasteiger charge is 2.74. The normalized spacial score (nSPS) is 54.8. The molecule has 154 valence electrons. The Kier molecular flexibility index (Phi) is 3.87. The number of methoxy groups -OCH3 is 1. The summed E-state index contributed by atoms with van der Waals surface area (Å²) >= 11 is 0. The molecule has 2 saturated heterocycles. The lowest BCUT2D eigenvalue weighted by Crippen LogP contribution is -2.73. The van der Waals surface area contributed by atoms with Gasteiger partial charge in [-0.2, -0.15) is 0 Å². The Morgan fingerprint density at radius 3 is 2.54 bits per heavy atom. The Hall–Kier alpha value is -1.40. The van der Waals surface area contributed by atoms with Crippen LogP contribution < -0.4 is 0 Å². The number of ketones is 1. The molecule has 6 heteroatoms. The number of fused-ring (bicyclic) bond motifs is 4. The van der Waals surface area contributed by atoms with E-state index < -0.39 is 5.41 Å². The van der Waals surface area contributed by atoms with Crippen molar-refractivity contribution in [3.63, 3.8) is 0 Å².